The number of rotatable bonds is 4. The van der Waals surface area contributed by atoms with Crippen molar-refractivity contribution in [3.63, 3.8) is 0 Å². The minimum atomic E-state index is -3.86. The monoisotopic (exact) mass is 349 g/mol. The standard InChI is InChI=1S/C16H19N3O4S/c1-13-4-5-16(15(12-13)19(20)21)24(22,23)18-10-6-14(7-11-18)17-8-2-3-9-17/h2-5,8-9,12,14H,6-7,10-11H2,1H3. The SMILES string of the molecule is Cc1ccc(S(=O)(=O)N2CCC(n3cccc3)CC2)c([N+](=O)[O-])c1. The van der Waals surface area contributed by atoms with Crippen LogP contribution in [0.4, 0.5) is 5.69 Å². The predicted octanol–water partition coefficient (Wildman–Crippen LogP) is 2.73. The van der Waals surface area contributed by atoms with E-state index in [2.05, 4.69) is 4.57 Å². The molecule has 1 saturated heterocycles. The summed E-state index contributed by atoms with van der Waals surface area (Å²) in [4.78, 5) is 10.4. The van der Waals surface area contributed by atoms with Gasteiger partial charge in [0.15, 0.2) is 4.90 Å². The molecule has 0 spiro atoms. The number of piperidine rings is 1. The Morgan fingerprint density at radius 3 is 2.38 bits per heavy atom. The molecule has 3 rings (SSSR count). The Labute approximate surface area is 140 Å². The van der Waals surface area contributed by atoms with E-state index in [4.69, 9.17) is 0 Å². The zero-order valence-corrected chi connectivity index (χ0v) is 14.1. The molecule has 0 N–H and O–H groups in total. The van der Waals surface area contributed by atoms with Gasteiger partial charge < -0.3 is 4.57 Å². The molecule has 1 aromatic carbocycles. The van der Waals surface area contributed by atoms with Crippen LogP contribution in [0.1, 0.15) is 24.4 Å². The lowest BCUT2D eigenvalue weighted by molar-refractivity contribution is -0.387. The summed E-state index contributed by atoms with van der Waals surface area (Å²) in [5.41, 5.74) is 0.300. The van der Waals surface area contributed by atoms with Crippen molar-refractivity contribution in [1.29, 1.82) is 0 Å². The topological polar surface area (TPSA) is 85.5 Å². The van der Waals surface area contributed by atoms with Gasteiger partial charge in [-0.1, -0.05) is 6.07 Å². The Hall–Kier alpha value is -2.19. The molecule has 1 fully saturated rings. The maximum absolute atomic E-state index is 12.8. The van der Waals surface area contributed by atoms with Crippen LogP contribution in [0.25, 0.3) is 0 Å². The van der Waals surface area contributed by atoms with Crippen molar-refractivity contribution >= 4 is 15.7 Å². The largest absolute Gasteiger partial charge is 0.351 e. The maximum Gasteiger partial charge on any atom is 0.289 e. The number of hydrogen-bond donors (Lipinski definition) is 0. The molecule has 1 aliphatic rings. The molecule has 1 aromatic heterocycles. The van der Waals surface area contributed by atoms with Crippen LogP contribution in [0.15, 0.2) is 47.6 Å². The molecule has 2 heterocycles. The van der Waals surface area contributed by atoms with Crippen molar-refractivity contribution in [3.8, 4) is 0 Å². The molecule has 0 unspecified atom stereocenters. The quantitative estimate of drug-likeness (QED) is 0.627. The normalized spacial score (nSPS) is 17.0. The number of nitrogens with zero attached hydrogens (tertiary/aromatic N) is 3. The molecule has 1 aliphatic heterocycles. The highest BCUT2D eigenvalue weighted by Gasteiger charge is 2.34. The van der Waals surface area contributed by atoms with Crippen LogP contribution in [-0.2, 0) is 10.0 Å². The number of aromatic nitrogens is 1. The lowest BCUT2D eigenvalue weighted by atomic mass is 10.1. The smallest absolute Gasteiger partial charge is 0.289 e. The summed E-state index contributed by atoms with van der Waals surface area (Å²) < 4.78 is 29.1. The summed E-state index contributed by atoms with van der Waals surface area (Å²) in [6, 6.07) is 8.38. The third-order valence-corrected chi connectivity index (χ3v) is 6.35. The highest BCUT2D eigenvalue weighted by molar-refractivity contribution is 7.89. The zero-order valence-electron chi connectivity index (χ0n) is 13.3. The number of nitro groups is 1. The number of benzene rings is 1. The van der Waals surface area contributed by atoms with Crippen molar-refractivity contribution in [3.05, 3.63) is 58.4 Å². The average Bonchev–Trinajstić information content (AvgIpc) is 3.09. The van der Waals surface area contributed by atoms with Crippen LogP contribution < -0.4 is 0 Å². The Morgan fingerprint density at radius 1 is 1.17 bits per heavy atom. The first-order valence-corrected chi connectivity index (χ1v) is 9.21. The first-order valence-electron chi connectivity index (χ1n) is 7.77. The molecule has 0 radical (unpaired) electrons. The van der Waals surface area contributed by atoms with Gasteiger partial charge in [0.1, 0.15) is 0 Å². The summed E-state index contributed by atoms with van der Waals surface area (Å²) >= 11 is 0. The van der Waals surface area contributed by atoms with Gasteiger partial charge in [0.2, 0.25) is 10.0 Å². The fourth-order valence-electron chi connectivity index (χ4n) is 3.10. The van der Waals surface area contributed by atoms with Crippen molar-refractivity contribution in [2.45, 2.75) is 30.7 Å². The van der Waals surface area contributed by atoms with Crippen LogP contribution >= 0.6 is 0 Å². The summed E-state index contributed by atoms with van der Waals surface area (Å²) in [5, 5.41) is 11.2. The molecule has 0 amide bonds. The zero-order chi connectivity index (χ0) is 17.3. The number of aryl methyl sites for hydroxylation is 1. The summed E-state index contributed by atoms with van der Waals surface area (Å²) in [5.74, 6) is 0. The first-order chi connectivity index (χ1) is 11.4. The van der Waals surface area contributed by atoms with Crippen LogP contribution in [0.3, 0.4) is 0 Å². The highest BCUT2D eigenvalue weighted by Crippen LogP contribution is 2.31. The molecule has 24 heavy (non-hydrogen) atoms. The third-order valence-electron chi connectivity index (χ3n) is 4.40. The number of hydrogen-bond acceptors (Lipinski definition) is 4. The van der Waals surface area contributed by atoms with E-state index in [0.29, 0.717) is 31.5 Å². The van der Waals surface area contributed by atoms with Crippen LogP contribution in [0.2, 0.25) is 0 Å². The van der Waals surface area contributed by atoms with Gasteiger partial charge in [0.25, 0.3) is 5.69 Å². The lowest BCUT2D eigenvalue weighted by Gasteiger charge is -2.31. The van der Waals surface area contributed by atoms with Gasteiger partial charge in [-0.15, -0.1) is 0 Å². The fraction of sp³-hybridized carbons (Fsp3) is 0.375. The highest BCUT2D eigenvalue weighted by atomic mass is 32.2. The molecule has 0 bridgehead atoms. The molecule has 128 valence electrons. The molecular formula is C16H19N3O4S. The third kappa shape index (κ3) is 3.07. The first kappa shape index (κ1) is 16.7. The Kier molecular flexibility index (Phi) is 4.42. The second-order valence-electron chi connectivity index (χ2n) is 5.99. The molecule has 8 heteroatoms. The Balaban J connectivity index is 1.84. The predicted molar refractivity (Wildman–Crippen MR) is 89.3 cm³/mol. The molecule has 7 nitrogen and oxygen atoms in total. The summed E-state index contributed by atoms with van der Waals surface area (Å²) in [6.45, 7) is 2.42. The van der Waals surface area contributed by atoms with Crippen LogP contribution in [0.5, 0.6) is 0 Å². The van der Waals surface area contributed by atoms with E-state index in [1.165, 1.54) is 16.4 Å². The minimum Gasteiger partial charge on any atom is -0.351 e. The number of nitro benzene ring substituents is 1. The van der Waals surface area contributed by atoms with E-state index in [-0.39, 0.29) is 16.6 Å². The Morgan fingerprint density at radius 2 is 1.79 bits per heavy atom. The van der Waals surface area contributed by atoms with E-state index < -0.39 is 14.9 Å². The minimum absolute atomic E-state index is 0.225. The number of sulfonamides is 1. The lowest BCUT2D eigenvalue weighted by Crippen LogP contribution is -2.39. The second kappa shape index (κ2) is 6.37. The fourth-order valence-corrected chi connectivity index (χ4v) is 4.71. The molecule has 2 aromatic rings. The summed E-state index contributed by atoms with van der Waals surface area (Å²) in [7, 11) is -3.86. The molecular weight excluding hydrogens is 330 g/mol. The van der Waals surface area contributed by atoms with E-state index in [9.17, 15) is 18.5 Å². The van der Waals surface area contributed by atoms with Gasteiger partial charge in [-0.05, 0) is 43.5 Å². The van der Waals surface area contributed by atoms with E-state index in [1.54, 1.807) is 13.0 Å². The van der Waals surface area contributed by atoms with Gasteiger partial charge in [0.05, 0.1) is 4.92 Å². The van der Waals surface area contributed by atoms with E-state index >= 15 is 0 Å². The van der Waals surface area contributed by atoms with Gasteiger partial charge in [0, 0.05) is 37.6 Å². The van der Waals surface area contributed by atoms with E-state index in [0.717, 1.165) is 0 Å². The maximum atomic E-state index is 12.8. The molecule has 0 atom stereocenters. The van der Waals surface area contributed by atoms with Crippen molar-refractivity contribution < 1.29 is 13.3 Å². The van der Waals surface area contributed by atoms with Crippen molar-refractivity contribution in [2.24, 2.45) is 0 Å². The second-order valence-corrected chi connectivity index (χ2v) is 7.90. The molecule has 0 saturated carbocycles. The van der Waals surface area contributed by atoms with Gasteiger partial charge in [-0.3, -0.25) is 10.1 Å². The van der Waals surface area contributed by atoms with Gasteiger partial charge >= 0.3 is 0 Å². The average molecular weight is 349 g/mol. The van der Waals surface area contributed by atoms with Gasteiger partial charge in [-0.25, -0.2) is 8.42 Å². The van der Waals surface area contributed by atoms with Crippen LogP contribution in [0, 0.1) is 17.0 Å². The molecule has 0 aliphatic carbocycles. The summed E-state index contributed by atoms with van der Waals surface area (Å²) in [6.07, 6.45) is 5.32. The van der Waals surface area contributed by atoms with Crippen molar-refractivity contribution in [2.75, 3.05) is 13.1 Å². The van der Waals surface area contributed by atoms with Gasteiger partial charge in [-0.2, -0.15) is 4.31 Å². The van der Waals surface area contributed by atoms with Crippen LogP contribution in [-0.4, -0.2) is 35.3 Å². The Bertz CT molecular complexity index is 838. The van der Waals surface area contributed by atoms with E-state index in [1.807, 2.05) is 24.5 Å². The van der Waals surface area contributed by atoms with Crippen molar-refractivity contribution in [1.82, 2.24) is 8.87 Å².